The molecule has 2 heteroatoms. The van der Waals surface area contributed by atoms with Crippen LogP contribution in [-0.4, -0.2) is 10.9 Å². The van der Waals surface area contributed by atoms with Crippen molar-refractivity contribution in [2.45, 2.75) is 85.5 Å². The Labute approximate surface area is 130 Å². The number of aliphatic hydroxyl groups excluding tert-OH is 1. The number of allylic oxidation sites excluding steroid dienone is 2. The summed E-state index contributed by atoms with van der Waals surface area (Å²) in [6.07, 6.45) is 11.2. The van der Waals surface area contributed by atoms with Crippen molar-refractivity contribution in [3.05, 3.63) is 11.8 Å². The van der Waals surface area contributed by atoms with E-state index in [4.69, 9.17) is 0 Å². The van der Waals surface area contributed by atoms with Crippen LogP contribution in [0.25, 0.3) is 0 Å². The first-order valence-electron chi connectivity index (χ1n) is 8.63. The van der Waals surface area contributed by atoms with Crippen LogP contribution < -0.4 is 0 Å². The van der Waals surface area contributed by atoms with E-state index in [0.29, 0.717) is 11.2 Å². The summed E-state index contributed by atoms with van der Waals surface area (Å²) in [7, 11) is 0. The number of carbonyl (C=O) groups excluding carboxylic acids is 1. The molecule has 2 rings (SSSR count). The lowest BCUT2D eigenvalue weighted by Gasteiger charge is -2.40. The lowest BCUT2D eigenvalue weighted by molar-refractivity contribution is -0.126. The summed E-state index contributed by atoms with van der Waals surface area (Å²) in [5, 5.41) is 10.5. The van der Waals surface area contributed by atoms with Crippen LogP contribution in [0.2, 0.25) is 0 Å². The molecule has 0 bridgehead atoms. The van der Waals surface area contributed by atoms with E-state index in [-0.39, 0.29) is 16.6 Å². The zero-order valence-electron chi connectivity index (χ0n) is 14.3. The Kier molecular flexibility index (Phi) is 4.56. The number of ketones is 1. The summed E-state index contributed by atoms with van der Waals surface area (Å²) in [6, 6.07) is 0. The van der Waals surface area contributed by atoms with Gasteiger partial charge >= 0.3 is 0 Å². The van der Waals surface area contributed by atoms with Crippen molar-refractivity contribution in [2.24, 2.45) is 16.2 Å². The number of hydrogen-bond donors (Lipinski definition) is 1. The molecule has 2 aliphatic rings. The molecular weight excluding hydrogens is 260 g/mol. The molecule has 0 atom stereocenters. The quantitative estimate of drug-likeness (QED) is 0.545. The van der Waals surface area contributed by atoms with Gasteiger partial charge in [-0.05, 0) is 43.9 Å². The van der Waals surface area contributed by atoms with Crippen LogP contribution in [0.3, 0.4) is 0 Å². The van der Waals surface area contributed by atoms with Gasteiger partial charge in [-0.25, -0.2) is 0 Å². The highest BCUT2D eigenvalue weighted by atomic mass is 16.3. The summed E-state index contributed by atoms with van der Waals surface area (Å²) in [5.41, 5.74) is -0.0758. The van der Waals surface area contributed by atoms with Gasteiger partial charge in [0, 0.05) is 16.9 Å². The van der Waals surface area contributed by atoms with Crippen LogP contribution in [-0.2, 0) is 4.79 Å². The predicted octanol–water partition coefficient (Wildman–Crippen LogP) is 5.57. The predicted molar refractivity (Wildman–Crippen MR) is 87.3 cm³/mol. The molecule has 0 heterocycles. The number of carbonyl (C=O) groups is 1. The zero-order chi connectivity index (χ0) is 15.7. The molecule has 120 valence electrons. The van der Waals surface area contributed by atoms with Crippen molar-refractivity contribution < 1.29 is 9.90 Å². The van der Waals surface area contributed by atoms with E-state index in [2.05, 4.69) is 27.7 Å². The Hall–Kier alpha value is -0.790. The maximum Gasteiger partial charge on any atom is 0.164 e. The minimum atomic E-state index is -0.269. The molecule has 0 aromatic rings. The van der Waals surface area contributed by atoms with Gasteiger partial charge in [0.2, 0.25) is 0 Å². The Bertz CT molecular complexity index is 415. The minimum absolute atomic E-state index is 0.141. The van der Waals surface area contributed by atoms with Gasteiger partial charge in [0.05, 0.1) is 0 Å². The number of hydrogen-bond acceptors (Lipinski definition) is 2. The monoisotopic (exact) mass is 292 g/mol. The highest BCUT2D eigenvalue weighted by Gasteiger charge is 2.40. The van der Waals surface area contributed by atoms with Gasteiger partial charge in [-0.1, -0.05) is 47.0 Å². The van der Waals surface area contributed by atoms with E-state index in [0.717, 1.165) is 51.4 Å². The molecule has 2 aliphatic carbocycles. The van der Waals surface area contributed by atoms with Crippen LogP contribution in [0.5, 0.6) is 0 Å². The largest absolute Gasteiger partial charge is 0.512 e. The number of rotatable bonds is 3. The molecule has 0 saturated heterocycles. The van der Waals surface area contributed by atoms with Gasteiger partial charge < -0.3 is 5.11 Å². The van der Waals surface area contributed by atoms with Gasteiger partial charge in [0.1, 0.15) is 5.76 Å². The molecule has 2 fully saturated rings. The molecule has 0 aromatic heterocycles. The van der Waals surface area contributed by atoms with Crippen molar-refractivity contribution in [2.75, 3.05) is 0 Å². The van der Waals surface area contributed by atoms with Crippen molar-refractivity contribution in [3.8, 4) is 0 Å². The van der Waals surface area contributed by atoms with Crippen molar-refractivity contribution >= 4 is 5.78 Å². The molecule has 0 aliphatic heterocycles. The molecule has 21 heavy (non-hydrogen) atoms. The minimum Gasteiger partial charge on any atom is -0.512 e. The molecule has 0 spiro atoms. The van der Waals surface area contributed by atoms with Crippen LogP contribution in [0.4, 0.5) is 0 Å². The van der Waals surface area contributed by atoms with Crippen molar-refractivity contribution in [1.29, 1.82) is 0 Å². The topological polar surface area (TPSA) is 37.3 Å². The lowest BCUT2D eigenvalue weighted by atomic mass is 9.64. The van der Waals surface area contributed by atoms with Gasteiger partial charge in [-0.15, -0.1) is 0 Å². The highest BCUT2D eigenvalue weighted by molar-refractivity contribution is 5.95. The smallest absolute Gasteiger partial charge is 0.164 e. The maximum atomic E-state index is 12.7. The van der Waals surface area contributed by atoms with E-state index in [9.17, 15) is 9.90 Å². The van der Waals surface area contributed by atoms with E-state index in [1.165, 1.54) is 6.42 Å². The summed E-state index contributed by atoms with van der Waals surface area (Å²) < 4.78 is 0. The zero-order valence-corrected chi connectivity index (χ0v) is 14.3. The second kappa shape index (κ2) is 5.78. The van der Waals surface area contributed by atoms with Crippen molar-refractivity contribution in [3.63, 3.8) is 0 Å². The molecule has 2 saturated carbocycles. The van der Waals surface area contributed by atoms with E-state index in [1.807, 2.05) is 0 Å². The summed E-state index contributed by atoms with van der Waals surface area (Å²) in [6.45, 7) is 8.76. The molecular formula is C19H32O2. The fourth-order valence-corrected chi connectivity index (χ4v) is 3.79. The molecule has 0 radical (unpaired) electrons. The molecule has 0 unspecified atom stereocenters. The Morgan fingerprint density at radius 2 is 1.33 bits per heavy atom. The molecule has 0 amide bonds. The second-order valence-corrected chi connectivity index (χ2v) is 8.74. The summed E-state index contributed by atoms with van der Waals surface area (Å²) in [4.78, 5) is 12.7. The van der Waals surface area contributed by atoms with Gasteiger partial charge in [0.25, 0.3) is 0 Å². The lowest BCUT2D eigenvalue weighted by Crippen LogP contribution is -2.35. The Morgan fingerprint density at radius 1 is 0.810 bits per heavy atom. The normalized spacial score (nSPS) is 28.1. The third kappa shape index (κ3) is 3.70. The standard InChI is InChI=1S/C19H32O2/c1-17(2)10-12-19(4,13-11-17)16(21)14-15(20)18(3)8-6-5-7-9-18/h14,20H,5-13H2,1-4H3. The Morgan fingerprint density at radius 3 is 1.86 bits per heavy atom. The first kappa shape index (κ1) is 16.6. The maximum absolute atomic E-state index is 12.7. The van der Waals surface area contributed by atoms with Gasteiger partial charge in [-0.3, -0.25) is 4.79 Å². The summed E-state index contributed by atoms with van der Waals surface area (Å²) >= 11 is 0. The third-order valence-corrected chi connectivity index (χ3v) is 6.15. The van der Waals surface area contributed by atoms with E-state index < -0.39 is 0 Å². The highest BCUT2D eigenvalue weighted by Crippen LogP contribution is 2.46. The first-order valence-corrected chi connectivity index (χ1v) is 8.63. The van der Waals surface area contributed by atoms with Crippen LogP contribution in [0.1, 0.15) is 85.5 Å². The Balaban J connectivity index is 2.07. The van der Waals surface area contributed by atoms with Crippen LogP contribution in [0.15, 0.2) is 11.8 Å². The summed E-state index contributed by atoms with van der Waals surface area (Å²) in [5.74, 6) is 0.473. The van der Waals surface area contributed by atoms with E-state index in [1.54, 1.807) is 6.08 Å². The average molecular weight is 292 g/mol. The SMILES string of the molecule is CC1(C)CCC(C)(C(=O)C=C(O)C2(C)CCCCC2)CC1. The van der Waals surface area contributed by atoms with Gasteiger partial charge in [-0.2, -0.15) is 0 Å². The fraction of sp³-hybridized carbons (Fsp3) is 0.842. The third-order valence-electron chi connectivity index (χ3n) is 6.15. The van der Waals surface area contributed by atoms with E-state index >= 15 is 0 Å². The van der Waals surface area contributed by atoms with Crippen LogP contribution >= 0.6 is 0 Å². The molecule has 1 N–H and O–H groups in total. The average Bonchev–Trinajstić information content (AvgIpc) is 2.43. The second-order valence-electron chi connectivity index (χ2n) is 8.74. The molecule has 2 nitrogen and oxygen atoms in total. The fourth-order valence-electron chi connectivity index (χ4n) is 3.79. The van der Waals surface area contributed by atoms with Crippen LogP contribution in [0, 0.1) is 16.2 Å². The number of aliphatic hydroxyl groups is 1. The first-order chi connectivity index (χ1) is 9.67. The van der Waals surface area contributed by atoms with Crippen molar-refractivity contribution in [1.82, 2.24) is 0 Å². The van der Waals surface area contributed by atoms with Gasteiger partial charge in [0.15, 0.2) is 5.78 Å². The molecule has 0 aromatic carbocycles.